The molecular weight excluding hydrogens is 552 g/mol. The molecule has 3 heterocycles. The molecule has 1 aromatic carbocycles. The molecule has 4 rings (SSSR count). The third kappa shape index (κ3) is 5.37. The van der Waals surface area contributed by atoms with Gasteiger partial charge in [-0.15, -0.1) is 23.1 Å². The first kappa shape index (κ1) is 27.9. The van der Waals surface area contributed by atoms with Crippen LogP contribution in [0.5, 0.6) is 0 Å². The van der Waals surface area contributed by atoms with E-state index in [1.54, 1.807) is 5.38 Å². The Bertz CT molecular complexity index is 1330. The van der Waals surface area contributed by atoms with Crippen LogP contribution in [-0.2, 0) is 19.2 Å². The van der Waals surface area contributed by atoms with Gasteiger partial charge in [-0.05, 0) is 19.1 Å². The maximum atomic E-state index is 13.1. The molecule has 11 nitrogen and oxygen atoms in total. The van der Waals surface area contributed by atoms with Gasteiger partial charge in [0, 0.05) is 27.3 Å². The van der Waals surface area contributed by atoms with E-state index in [4.69, 9.17) is 22.2 Å². The van der Waals surface area contributed by atoms with Crippen molar-refractivity contribution in [3.63, 3.8) is 0 Å². The molecular formula is C24H28ClN6O5S2+. The molecule has 14 heteroatoms. The minimum atomic E-state index is -1.18. The first-order valence-electron chi connectivity index (χ1n) is 11.6. The molecule has 2 aromatic rings. The van der Waals surface area contributed by atoms with Crippen LogP contribution in [0.4, 0.5) is 5.13 Å². The smallest absolute Gasteiger partial charge is 0.352 e. The number of quaternary nitrogens is 1. The number of amides is 2. The molecule has 3 atom stereocenters. The van der Waals surface area contributed by atoms with Crippen molar-refractivity contribution in [3.8, 4) is 0 Å². The molecule has 0 radical (unpaired) electrons. The molecule has 1 aromatic heterocycles. The van der Waals surface area contributed by atoms with Gasteiger partial charge in [-0.3, -0.25) is 14.5 Å². The molecule has 2 aliphatic heterocycles. The van der Waals surface area contributed by atoms with Crippen LogP contribution >= 0.6 is 34.7 Å². The first-order valence-corrected chi connectivity index (χ1v) is 13.9. The molecule has 1 saturated heterocycles. The number of halogens is 1. The van der Waals surface area contributed by atoms with Crippen molar-refractivity contribution in [2.45, 2.75) is 24.4 Å². The van der Waals surface area contributed by atoms with Gasteiger partial charge < -0.3 is 25.5 Å². The number of aromatic nitrogens is 1. The topological polar surface area (TPSA) is 147 Å². The van der Waals surface area contributed by atoms with E-state index in [-0.39, 0.29) is 28.3 Å². The van der Waals surface area contributed by atoms with E-state index >= 15 is 0 Å². The highest BCUT2D eigenvalue weighted by Gasteiger charge is 2.55. The van der Waals surface area contributed by atoms with Crippen LogP contribution in [0.2, 0.25) is 5.02 Å². The lowest BCUT2D eigenvalue weighted by atomic mass is 10.0. The highest BCUT2D eigenvalue weighted by molar-refractivity contribution is 8.00. The number of thioether (sulfide) groups is 1. The molecule has 38 heavy (non-hydrogen) atoms. The van der Waals surface area contributed by atoms with Crippen LogP contribution < -0.4 is 11.1 Å². The molecule has 0 saturated carbocycles. The molecule has 2 aliphatic rings. The van der Waals surface area contributed by atoms with Crippen LogP contribution in [0.25, 0.3) is 0 Å². The second-order valence-electron chi connectivity index (χ2n) is 9.48. The van der Waals surface area contributed by atoms with Gasteiger partial charge in [-0.1, -0.05) is 28.9 Å². The number of aliphatic carboxylic acids is 1. The molecule has 2 unspecified atom stereocenters. The van der Waals surface area contributed by atoms with Crippen molar-refractivity contribution in [2.24, 2.45) is 5.16 Å². The van der Waals surface area contributed by atoms with E-state index in [0.29, 0.717) is 27.4 Å². The maximum absolute atomic E-state index is 13.1. The number of hydrogen-bond acceptors (Lipinski definition) is 9. The van der Waals surface area contributed by atoms with E-state index in [0.717, 1.165) is 16.9 Å². The Kier molecular flexibility index (Phi) is 8.02. The molecule has 4 N–H and O–H groups in total. The predicted molar refractivity (Wildman–Crippen MR) is 147 cm³/mol. The number of nitrogens with two attached hydrogens (primary N) is 1. The van der Waals surface area contributed by atoms with Gasteiger partial charge >= 0.3 is 5.97 Å². The Morgan fingerprint density at radius 2 is 2.05 bits per heavy atom. The van der Waals surface area contributed by atoms with Crippen molar-refractivity contribution in [1.82, 2.24) is 15.2 Å². The average Bonchev–Trinajstić information content (AvgIpc) is 3.30. The Hall–Kier alpha value is -3.13. The third-order valence-electron chi connectivity index (χ3n) is 6.70. The van der Waals surface area contributed by atoms with Crippen molar-refractivity contribution in [3.05, 3.63) is 57.2 Å². The monoisotopic (exact) mass is 579 g/mol. The summed E-state index contributed by atoms with van der Waals surface area (Å²) < 4.78 is 0.467. The van der Waals surface area contributed by atoms with E-state index in [1.807, 2.05) is 38.4 Å². The van der Waals surface area contributed by atoms with E-state index in [9.17, 15) is 19.5 Å². The number of carbonyl (C=O) groups is 3. The summed E-state index contributed by atoms with van der Waals surface area (Å²) in [5.74, 6) is -1.95. The van der Waals surface area contributed by atoms with Crippen LogP contribution in [-0.4, -0.2) is 87.9 Å². The number of fused-ring (bicyclic) bond motifs is 1. The van der Waals surface area contributed by atoms with Gasteiger partial charge in [0.2, 0.25) is 0 Å². The molecule has 1 fully saturated rings. The van der Waals surface area contributed by atoms with E-state index in [2.05, 4.69) is 22.4 Å². The summed E-state index contributed by atoms with van der Waals surface area (Å²) in [7, 11) is 5.33. The number of thiazole rings is 1. The molecule has 2 amide bonds. The van der Waals surface area contributed by atoms with Crippen molar-refractivity contribution < 1.29 is 28.8 Å². The zero-order valence-corrected chi connectivity index (χ0v) is 23.6. The van der Waals surface area contributed by atoms with Crippen LogP contribution in [0.3, 0.4) is 0 Å². The lowest BCUT2D eigenvalue weighted by molar-refractivity contribution is -0.914. The Labute approximate surface area is 232 Å². The van der Waals surface area contributed by atoms with Gasteiger partial charge in [-0.2, -0.15) is 0 Å². The number of nitrogens with zero attached hydrogens (tertiary/aromatic N) is 4. The quantitative estimate of drug-likeness (QED) is 0.177. The van der Waals surface area contributed by atoms with Crippen LogP contribution in [0.1, 0.15) is 24.2 Å². The number of benzene rings is 1. The third-order valence-corrected chi connectivity index (χ3v) is 8.96. The van der Waals surface area contributed by atoms with Crippen molar-refractivity contribution in [2.75, 3.05) is 39.2 Å². The van der Waals surface area contributed by atoms with Gasteiger partial charge in [-0.25, -0.2) is 9.78 Å². The van der Waals surface area contributed by atoms with Crippen LogP contribution in [0, 0.1) is 0 Å². The fourth-order valence-corrected chi connectivity index (χ4v) is 6.49. The zero-order chi connectivity index (χ0) is 27.8. The van der Waals surface area contributed by atoms with Crippen molar-refractivity contribution in [1.29, 1.82) is 0 Å². The van der Waals surface area contributed by atoms with Crippen molar-refractivity contribution >= 4 is 63.3 Å². The number of β-lactam (4-membered cyclic amide) rings is 1. The number of carbonyl (C=O) groups excluding carboxylic acids is 2. The minimum absolute atomic E-state index is 0.0307. The minimum Gasteiger partial charge on any atom is -0.477 e. The lowest BCUT2D eigenvalue weighted by Gasteiger charge is -2.50. The predicted octanol–water partition coefficient (Wildman–Crippen LogP) is 2.31. The lowest BCUT2D eigenvalue weighted by Crippen LogP contribution is -2.71. The summed E-state index contributed by atoms with van der Waals surface area (Å²) in [6.45, 7) is 2.49. The van der Waals surface area contributed by atoms with E-state index < -0.39 is 29.2 Å². The standard InChI is InChI=1S/C24H27ClN6O5S2/c1-12(13-5-7-15(25)8-6-13)31(2,3)9-14-10-37-22-18(21(33)30(22)19(14)23(34)35)28-20(32)17(29-36-4)16-11-38-24(26)27-16/h5-8,11-12,18,22H,9-10H2,1-4H3,(H3-,26,27,28,32,34,35)/p+1/b29-17-/t12?,18-,22?/m1/s1. The summed E-state index contributed by atoms with van der Waals surface area (Å²) in [6.07, 6.45) is 0. The second-order valence-corrected chi connectivity index (χ2v) is 11.9. The normalized spacial score (nSPS) is 20.5. The van der Waals surface area contributed by atoms with Gasteiger partial charge in [0.25, 0.3) is 11.8 Å². The molecule has 0 spiro atoms. The first-order chi connectivity index (χ1) is 17.9. The Morgan fingerprint density at radius 3 is 2.63 bits per heavy atom. The molecule has 0 bridgehead atoms. The van der Waals surface area contributed by atoms with Gasteiger partial charge in [0.05, 0.1) is 14.1 Å². The van der Waals surface area contributed by atoms with Crippen LogP contribution in [0.15, 0.2) is 46.1 Å². The summed E-state index contributed by atoms with van der Waals surface area (Å²) in [5, 5.41) is 18.4. The highest BCUT2D eigenvalue weighted by Crippen LogP contribution is 2.41. The van der Waals surface area contributed by atoms with Gasteiger partial charge in [0.1, 0.15) is 42.5 Å². The zero-order valence-electron chi connectivity index (χ0n) is 21.2. The number of likely N-dealkylation sites (N-methyl/N-ethyl adjacent to an activating group) is 1. The Morgan fingerprint density at radius 1 is 1.37 bits per heavy atom. The van der Waals surface area contributed by atoms with Gasteiger partial charge in [0.15, 0.2) is 10.8 Å². The number of anilines is 1. The largest absolute Gasteiger partial charge is 0.477 e. The number of hydrogen-bond donors (Lipinski definition) is 3. The average molecular weight is 580 g/mol. The SMILES string of the molecule is CO/N=C(\C(=O)N[C@@H]1C(=O)N2C(C(=O)O)=C(C[N+](C)(C)C(C)c3ccc(Cl)cc3)CSC12)c1csc(N)n1. The van der Waals surface area contributed by atoms with E-state index in [1.165, 1.54) is 23.8 Å². The summed E-state index contributed by atoms with van der Waals surface area (Å²) in [6, 6.07) is 6.69. The number of oxime groups is 1. The second kappa shape index (κ2) is 10.9. The fraction of sp³-hybridized carbons (Fsp3) is 0.375. The fourth-order valence-electron chi connectivity index (χ4n) is 4.48. The number of carboxylic acids is 1. The highest BCUT2D eigenvalue weighted by atomic mass is 35.5. The summed E-state index contributed by atoms with van der Waals surface area (Å²) in [4.78, 5) is 48.5. The molecule has 202 valence electrons. The number of nitrogens with one attached hydrogen (secondary N) is 1. The number of carboxylic acid groups (broad SMARTS) is 1. The summed E-state index contributed by atoms with van der Waals surface area (Å²) in [5.41, 5.74) is 7.45. The number of nitrogen functional groups attached to an aromatic ring is 1. The maximum Gasteiger partial charge on any atom is 0.352 e. The molecule has 0 aliphatic carbocycles. The summed E-state index contributed by atoms with van der Waals surface area (Å²) >= 11 is 8.58. The number of rotatable bonds is 9. The Balaban J connectivity index is 1.53.